The molecule has 0 unspecified atom stereocenters. The van der Waals surface area contributed by atoms with Crippen molar-refractivity contribution in [3.63, 3.8) is 0 Å². The minimum absolute atomic E-state index is 0.117. The zero-order chi connectivity index (χ0) is 11.9. The van der Waals surface area contributed by atoms with Gasteiger partial charge in [0.15, 0.2) is 0 Å². The molecule has 0 saturated carbocycles. The number of nitrogens with zero attached hydrogens (tertiary/aromatic N) is 2. The molecule has 0 aliphatic carbocycles. The molecule has 0 bridgehead atoms. The first-order chi connectivity index (χ1) is 6.68. The van der Waals surface area contributed by atoms with Crippen molar-refractivity contribution < 1.29 is 14.7 Å². The SMILES string of the molecule is CC(C)(C)n1cc[n+](C(C)(C)C)c1OO. The number of rotatable bonds is 1. The second kappa shape index (κ2) is 3.52. The Hall–Kier alpha value is -1.03. The maximum absolute atomic E-state index is 8.97. The van der Waals surface area contributed by atoms with E-state index in [0.717, 1.165) is 0 Å². The smallest absolute Gasteiger partial charge is 0.258 e. The van der Waals surface area contributed by atoms with E-state index in [4.69, 9.17) is 5.26 Å². The van der Waals surface area contributed by atoms with Gasteiger partial charge in [0.25, 0.3) is 0 Å². The molecule has 86 valence electrons. The summed E-state index contributed by atoms with van der Waals surface area (Å²) in [7, 11) is 0. The Bertz CT molecular complexity index is 311. The highest BCUT2D eigenvalue weighted by Crippen LogP contribution is 2.21. The van der Waals surface area contributed by atoms with Crippen LogP contribution in [0.15, 0.2) is 12.4 Å². The van der Waals surface area contributed by atoms with Crippen LogP contribution in [0.1, 0.15) is 41.5 Å². The highest BCUT2D eigenvalue weighted by Gasteiger charge is 2.33. The minimum atomic E-state index is -0.117. The van der Waals surface area contributed by atoms with Gasteiger partial charge in [-0.15, -0.1) is 0 Å². The van der Waals surface area contributed by atoms with E-state index >= 15 is 0 Å². The lowest BCUT2D eigenvalue weighted by molar-refractivity contribution is -0.763. The first kappa shape index (κ1) is 12.0. The van der Waals surface area contributed by atoms with Gasteiger partial charge in [-0.3, -0.25) is 4.89 Å². The van der Waals surface area contributed by atoms with Crippen molar-refractivity contribution in [1.29, 1.82) is 0 Å². The summed E-state index contributed by atoms with van der Waals surface area (Å²) in [6.45, 7) is 12.3. The van der Waals surface area contributed by atoms with E-state index < -0.39 is 0 Å². The number of aromatic nitrogens is 2. The largest absolute Gasteiger partial charge is 0.488 e. The van der Waals surface area contributed by atoms with Crippen molar-refractivity contribution in [3.05, 3.63) is 12.4 Å². The highest BCUT2D eigenvalue weighted by molar-refractivity contribution is 4.95. The van der Waals surface area contributed by atoms with E-state index in [2.05, 4.69) is 46.4 Å². The first-order valence-corrected chi connectivity index (χ1v) is 5.13. The van der Waals surface area contributed by atoms with Crippen LogP contribution in [0.2, 0.25) is 0 Å². The van der Waals surface area contributed by atoms with Crippen molar-refractivity contribution >= 4 is 0 Å². The minimum Gasteiger partial charge on any atom is -0.258 e. The van der Waals surface area contributed by atoms with E-state index in [-0.39, 0.29) is 11.1 Å². The lowest BCUT2D eigenvalue weighted by Gasteiger charge is -2.18. The fourth-order valence-corrected chi connectivity index (χ4v) is 1.49. The average Bonchev–Trinajstić information content (AvgIpc) is 2.43. The predicted molar refractivity (Wildman–Crippen MR) is 57.9 cm³/mol. The lowest BCUT2D eigenvalue weighted by atomic mass is 10.1. The zero-order valence-electron chi connectivity index (χ0n) is 10.4. The van der Waals surface area contributed by atoms with Crippen molar-refractivity contribution in [3.8, 4) is 6.01 Å². The summed E-state index contributed by atoms with van der Waals surface area (Å²) in [6, 6.07) is 0.454. The number of imidazole rings is 1. The Morgan fingerprint density at radius 1 is 1.20 bits per heavy atom. The Labute approximate surface area is 91.0 Å². The molecule has 0 spiro atoms. The Morgan fingerprint density at radius 2 is 1.73 bits per heavy atom. The molecule has 0 aliphatic heterocycles. The first-order valence-electron chi connectivity index (χ1n) is 5.13. The van der Waals surface area contributed by atoms with Gasteiger partial charge in [0.05, 0.1) is 0 Å². The van der Waals surface area contributed by atoms with Gasteiger partial charge in [-0.2, -0.15) is 14.4 Å². The molecule has 4 nitrogen and oxygen atoms in total. The standard InChI is InChI=1S/C11H20N2O2/c1-10(2,3)12-7-8-13(9(12)15-14)11(4,5)6/h7-8H,1-6H3/p+1. The molecule has 0 amide bonds. The van der Waals surface area contributed by atoms with Gasteiger partial charge in [0.1, 0.15) is 23.5 Å². The van der Waals surface area contributed by atoms with Gasteiger partial charge >= 0.3 is 6.01 Å². The zero-order valence-corrected chi connectivity index (χ0v) is 10.4. The Balaban J connectivity index is 3.30. The molecule has 1 N–H and O–H groups in total. The van der Waals surface area contributed by atoms with E-state index in [1.807, 2.05) is 21.5 Å². The molecule has 15 heavy (non-hydrogen) atoms. The third-order valence-corrected chi connectivity index (χ3v) is 2.30. The topological polar surface area (TPSA) is 38.3 Å². The molecule has 1 aromatic heterocycles. The molecule has 4 heteroatoms. The molecule has 1 rings (SSSR count). The van der Waals surface area contributed by atoms with E-state index in [1.54, 1.807) is 0 Å². The Morgan fingerprint density at radius 3 is 2.07 bits per heavy atom. The molecular weight excluding hydrogens is 192 g/mol. The van der Waals surface area contributed by atoms with Crippen molar-refractivity contribution in [2.45, 2.75) is 52.6 Å². The second-order valence-corrected chi connectivity index (χ2v) is 5.75. The monoisotopic (exact) mass is 213 g/mol. The third-order valence-electron chi connectivity index (χ3n) is 2.30. The van der Waals surface area contributed by atoms with Crippen LogP contribution in [-0.4, -0.2) is 9.82 Å². The molecule has 0 fully saturated rings. The molecule has 0 aromatic carbocycles. The van der Waals surface area contributed by atoms with Crippen LogP contribution in [0.25, 0.3) is 0 Å². The van der Waals surface area contributed by atoms with E-state index in [0.29, 0.717) is 6.01 Å². The van der Waals surface area contributed by atoms with Crippen LogP contribution < -0.4 is 9.45 Å². The van der Waals surface area contributed by atoms with Crippen molar-refractivity contribution in [2.24, 2.45) is 0 Å². The molecule has 0 atom stereocenters. The van der Waals surface area contributed by atoms with Gasteiger partial charge in [0.2, 0.25) is 0 Å². The summed E-state index contributed by atoms with van der Waals surface area (Å²) in [5.41, 5.74) is -0.233. The molecular formula is C11H21N2O2+. The maximum Gasteiger partial charge on any atom is 0.488 e. The maximum atomic E-state index is 8.97. The van der Waals surface area contributed by atoms with Gasteiger partial charge in [-0.05, 0) is 41.5 Å². The summed E-state index contributed by atoms with van der Waals surface area (Å²) in [5.74, 6) is 0. The molecule has 1 aromatic rings. The van der Waals surface area contributed by atoms with Gasteiger partial charge in [-0.25, -0.2) is 0 Å². The van der Waals surface area contributed by atoms with Gasteiger partial charge in [0, 0.05) is 0 Å². The number of hydrogen-bond acceptors (Lipinski definition) is 2. The van der Waals surface area contributed by atoms with Crippen molar-refractivity contribution in [2.75, 3.05) is 0 Å². The van der Waals surface area contributed by atoms with Crippen LogP contribution >= 0.6 is 0 Å². The highest BCUT2D eigenvalue weighted by atomic mass is 17.1. The van der Waals surface area contributed by atoms with Crippen LogP contribution in [0, 0.1) is 0 Å². The van der Waals surface area contributed by atoms with Crippen LogP contribution in [0.3, 0.4) is 0 Å². The average molecular weight is 213 g/mol. The molecule has 1 heterocycles. The quantitative estimate of drug-likeness (QED) is 0.441. The van der Waals surface area contributed by atoms with Crippen LogP contribution in [0.5, 0.6) is 6.01 Å². The van der Waals surface area contributed by atoms with Crippen LogP contribution in [-0.2, 0) is 11.1 Å². The van der Waals surface area contributed by atoms with Crippen molar-refractivity contribution in [1.82, 2.24) is 4.57 Å². The lowest BCUT2D eigenvalue weighted by Crippen LogP contribution is -2.50. The fraction of sp³-hybridized carbons (Fsp3) is 0.727. The Kier molecular flexibility index (Phi) is 2.83. The molecule has 0 aliphatic rings. The molecule has 0 radical (unpaired) electrons. The fourth-order valence-electron chi connectivity index (χ4n) is 1.49. The third kappa shape index (κ3) is 2.31. The predicted octanol–water partition coefficient (Wildman–Crippen LogP) is 2.14. The normalized spacial score (nSPS) is 13.0. The van der Waals surface area contributed by atoms with Gasteiger partial charge in [-0.1, -0.05) is 0 Å². The van der Waals surface area contributed by atoms with Gasteiger partial charge < -0.3 is 0 Å². The summed E-state index contributed by atoms with van der Waals surface area (Å²) in [5, 5.41) is 8.97. The summed E-state index contributed by atoms with van der Waals surface area (Å²) in [4.78, 5) is 4.50. The van der Waals surface area contributed by atoms with E-state index in [9.17, 15) is 0 Å². The summed E-state index contributed by atoms with van der Waals surface area (Å²) >= 11 is 0. The summed E-state index contributed by atoms with van der Waals surface area (Å²) in [6.07, 6.45) is 3.83. The molecule has 0 saturated heterocycles. The second-order valence-electron chi connectivity index (χ2n) is 5.75. The van der Waals surface area contributed by atoms with Crippen LogP contribution in [0.4, 0.5) is 0 Å². The summed E-state index contributed by atoms with van der Waals surface area (Å²) < 4.78 is 3.80. The van der Waals surface area contributed by atoms with E-state index in [1.165, 1.54) is 0 Å². The number of hydrogen-bond donors (Lipinski definition) is 1.